The van der Waals surface area contributed by atoms with E-state index in [-0.39, 0.29) is 12.0 Å². The second-order valence-corrected chi connectivity index (χ2v) is 11.6. The van der Waals surface area contributed by atoms with E-state index in [1.165, 1.54) is 52.1 Å². The fourth-order valence-electron chi connectivity index (χ4n) is 9.04. The summed E-state index contributed by atoms with van der Waals surface area (Å²) in [5.74, 6) is 4.61. The van der Waals surface area contributed by atoms with Crippen LogP contribution in [0.25, 0.3) is 10.4 Å². The van der Waals surface area contributed by atoms with E-state index in [4.69, 9.17) is 10.3 Å². The second-order valence-electron chi connectivity index (χ2n) is 11.6. The SMILES string of the molecule is COC(=O)CC[C@@H](C)[C@H]1CC[C@H]2[C@@H]3CC[C@@H]4CC(N=[N+]=[N-])CC[C@]4(C)[C@H]3CC[C@]12C. The molecule has 0 aromatic heterocycles. The predicted molar refractivity (Wildman–Crippen MR) is 119 cm³/mol. The van der Waals surface area contributed by atoms with Gasteiger partial charge in [-0.25, -0.2) is 0 Å². The van der Waals surface area contributed by atoms with Crippen LogP contribution in [0.4, 0.5) is 0 Å². The van der Waals surface area contributed by atoms with Crippen molar-refractivity contribution in [1.82, 2.24) is 0 Å². The van der Waals surface area contributed by atoms with Crippen LogP contribution < -0.4 is 0 Å². The van der Waals surface area contributed by atoms with Crippen molar-refractivity contribution >= 4 is 5.97 Å². The van der Waals surface area contributed by atoms with Gasteiger partial charge in [0.25, 0.3) is 0 Å². The van der Waals surface area contributed by atoms with Crippen LogP contribution in [0.15, 0.2) is 5.11 Å². The van der Waals surface area contributed by atoms with E-state index >= 15 is 0 Å². The fraction of sp³-hybridized carbons (Fsp3) is 0.960. The zero-order valence-electron chi connectivity index (χ0n) is 19.5. The number of hydrogen-bond acceptors (Lipinski definition) is 3. The Hall–Kier alpha value is -1.22. The van der Waals surface area contributed by atoms with E-state index in [2.05, 4.69) is 30.8 Å². The third-order valence-electron chi connectivity index (χ3n) is 10.6. The van der Waals surface area contributed by atoms with Crippen molar-refractivity contribution in [2.45, 2.75) is 97.4 Å². The molecule has 4 aliphatic carbocycles. The Balaban J connectivity index is 1.47. The van der Waals surface area contributed by atoms with E-state index < -0.39 is 0 Å². The molecule has 4 saturated carbocycles. The number of carbonyl (C=O) groups excluding carboxylic acids is 1. The smallest absolute Gasteiger partial charge is 0.305 e. The van der Waals surface area contributed by atoms with Crippen LogP contribution in [-0.4, -0.2) is 19.1 Å². The monoisotopic (exact) mass is 415 g/mol. The molecule has 0 radical (unpaired) electrons. The Morgan fingerprint density at radius 1 is 1.10 bits per heavy atom. The van der Waals surface area contributed by atoms with E-state index in [1.807, 2.05) is 0 Å². The highest BCUT2D eigenvalue weighted by Gasteiger charge is 2.60. The van der Waals surface area contributed by atoms with Gasteiger partial charge >= 0.3 is 5.97 Å². The van der Waals surface area contributed by atoms with Gasteiger partial charge in [0.2, 0.25) is 0 Å². The first-order chi connectivity index (χ1) is 14.3. The molecular formula is C25H41N3O2. The lowest BCUT2D eigenvalue weighted by atomic mass is 9.44. The highest BCUT2D eigenvalue weighted by atomic mass is 16.5. The van der Waals surface area contributed by atoms with Crippen LogP contribution in [0.1, 0.15) is 91.4 Å². The van der Waals surface area contributed by atoms with Gasteiger partial charge in [-0.2, -0.15) is 0 Å². The third kappa shape index (κ3) is 3.55. The molecule has 0 saturated heterocycles. The summed E-state index contributed by atoms with van der Waals surface area (Å²) < 4.78 is 4.88. The van der Waals surface area contributed by atoms with E-state index in [0.717, 1.165) is 48.9 Å². The van der Waals surface area contributed by atoms with Crippen LogP contribution in [0.2, 0.25) is 0 Å². The van der Waals surface area contributed by atoms with Crippen LogP contribution in [0, 0.1) is 46.3 Å². The first-order valence-corrected chi connectivity index (χ1v) is 12.4. The number of nitrogens with zero attached hydrogens (tertiary/aromatic N) is 3. The summed E-state index contributed by atoms with van der Waals surface area (Å²) in [4.78, 5) is 14.8. The molecule has 168 valence electrons. The van der Waals surface area contributed by atoms with Gasteiger partial charge in [0.1, 0.15) is 0 Å². The molecule has 0 aliphatic heterocycles. The van der Waals surface area contributed by atoms with E-state index in [9.17, 15) is 4.79 Å². The molecule has 0 aromatic rings. The molecular weight excluding hydrogens is 374 g/mol. The average molecular weight is 416 g/mol. The van der Waals surface area contributed by atoms with Gasteiger partial charge in [0, 0.05) is 17.4 Å². The summed E-state index contributed by atoms with van der Waals surface area (Å²) >= 11 is 0. The highest BCUT2D eigenvalue weighted by molar-refractivity contribution is 5.69. The first kappa shape index (κ1) is 22.0. The standard InChI is InChI=1S/C25H41N3O2/c1-16(5-10-23(29)30-4)20-8-9-21-19-7-6-17-15-18(27-28-26)11-13-24(17,2)22(19)12-14-25(20,21)3/h16-22H,5-15H2,1-4H3/t16-,17-,18?,19+,20-,21+,22+,24+,25-/m1/s1. The Kier molecular flexibility index (Phi) is 6.14. The highest BCUT2D eigenvalue weighted by Crippen LogP contribution is 2.68. The first-order valence-electron chi connectivity index (χ1n) is 12.4. The molecule has 4 rings (SSSR count). The van der Waals surface area contributed by atoms with Crippen molar-refractivity contribution in [2.24, 2.45) is 51.5 Å². The summed E-state index contributed by atoms with van der Waals surface area (Å²) in [5, 5.41) is 4.09. The predicted octanol–water partition coefficient (Wildman–Crippen LogP) is 6.91. The Bertz CT molecular complexity index is 705. The topological polar surface area (TPSA) is 75.1 Å². The minimum absolute atomic E-state index is 0.0622. The fourth-order valence-corrected chi connectivity index (χ4v) is 9.04. The summed E-state index contributed by atoms with van der Waals surface area (Å²) in [7, 11) is 1.50. The zero-order chi connectivity index (χ0) is 21.5. The quantitative estimate of drug-likeness (QED) is 0.212. The molecule has 0 amide bonds. The maximum atomic E-state index is 11.7. The minimum atomic E-state index is -0.0622. The maximum absolute atomic E-state index is 11.7. The van der Waals surface area contributed by atoms with Crippen LogP contribution in [0.3, 0.4) is 0 Å². The van der Waals surface area contributed by atoms with Crippen molar-refractivity contribution in [2.75, 3.05) is 7.11 Å². The molecule has 0 bridgehead atoms. The van der Waals surface area contributed by atoms with Crippen molar-refractivity contribution in [3.8, 4) is 0 Å². The van der Waals surface area contributed by atoms with Crippen molar-refractivity contribution in [3.05, 3.63) is 10.4 Å². The van der Waals surface area contributed by atoms with Gasteiger partial charge in [-0.3, -0.25) is 4.79 Å². The molecule has 0 heterocycles. The molecule has 5 heteroatoms. The third-order valence-corrected chi connectivity index (χ3v) is 10.6. The lowest BCUT2D eigenvalue weighted by Gasteiger charge is -2.61. The van der Waals surface area contributed by atoms with Gasteiger partial charge in [-0.05, 0) is 116 Å². The normalized spacial score (nSPS) is 46.0. The molecule has 0 aromatic carbocycles. The second kappa shape index (κ2) is 8.37. The number of hydrogen-bond donors (Lipinski definition) is 0. The largest absolute Gasteiger partial charge is 0.469 e. The molecule has 5 nitrogen and oxygen atoms in total. The van der Waals surface area contributed by atoms with Crippen LogP contribution in [0.5, 0.6) is 0 Å². The Labute approximate surface area is 182 Å². The maximum Gasteiger partial charge on any atom is 0.305 e. The van der Waals surface area contributed by atoms with Gasteiger partial charge in [0.05, 0.1) is 7.11 Å². The molecule has 4 aliphatic rings. The lowest BCUT2D eigenvalue weighted by molar-refractivity contribution is -0.141. The van der Waals surface area contributed by atoms with Crippen molar-refractivity contribution in [1.29, 1.82) is 0 Å². The molecule has 30 heavy (non-hydrogen) atoms. The summed E-state index contributed by atoms with van der Waals surface area (Å²) in [6, 6.07) is 0.227. The molecule has 4 fully saturated rings. The average Bonchev–Trinajstić information content (AvgIpc) is 3.09. The van der Waals surface area contributed by atoms with Gasteiger partial charge in [-0.1, -0.05) is 25.9 Å². The Morgan fingerprint density at radius 3 is 2.57 bits per heavy atom. The number of rotatable bonds is 5. The summed E-state index contributed by atoms with van der Waals surface area (Å²) in [6.07, 6.45) is 13.1. The van der Waals surface area contributed by atoms with Crippen LogP contribution in [-0.2, 0) is 9.53 Å². The molecule has 1 unspecified atom stereocenters. The van der Waals surface area contributed by atoms with Gasteiger partial charge < -0.3 is 4.74 Å². The number of azide groups is 1. The number of ether oxygens (including phenoxy) is 1. The molecule has 0 spiro atoms. The van der Waals surface area contributed by atoms with Crippen molar-refractivity contribution < 1.29 is 9.53 Å². The van der Waals surface area contributed by atoms with E-state index in [0.29, 0.717) is 23.2 Å². The summed E-state index contributed by atoms with van der Waals surface area (Å²) in [6.45, 7) is 7.55. The molecule has 9 atom stereocenters. The Morgan fingerprint density at radius 2 is 1.83 bits per heavy atom. The lowest BCUT2D eigenvalue weighted by Crippen LogP contribution is -2.54. The number of fused-ring (bicyclic) bond motifs is 5. The zero-order valence-corrected chi connectivity index (χ0v) is 19.5. The minimum Gasteiger partial charge on any atom is -0.469 e. The van der Waals surface area contributed by atoms with E-state index in [1.54, 1.807) is 0 Å². The number of carbonyl (C=O) groups is 1. The van der Waals surface area contributed by atoms with Gasteiger partial charge in [0.15, 0.2) is 0 Å². The van der Waals surface area contributed by atoms with Gasteiger partial charge in [-0.15, -0.1) is 0 Å². The van der Waals surface area contributed by atoms with Crippen molar-refractivity contribution in [3.63, 3.8) is 0 Å². The number of methoxy groups -OCH3 is 1. The molecule has 0 N–H and O–H groups in total. The van der Waals surface area contributed by atoms with Crippen LogP contribution >= 0.6 is 0 Å². The number of esters is 1. The summed E-state index contributed by atoms with van der Waals surface area (Å²) in [5.41, 5.74) is 9.77.